The monoisotopic (exact) mass is 488 g/mol. The number of nitrogens with zero attached hydrogens (tertiary/aromatic N) is 1. The van der Waals surface area contributed by atoms with Gasteiger partial charge in [-0.2, -0.15) is 13.2 Å². The Morgan fingerprint density at radius 1 is 1.12 bits per heavy atom. The number of anilines is 1. The minimum absolute atomic E-state index is 0.0217. The van der Waals surface area contributed by atoms with Gasteiger partial charge in [0.05, 0.1) is 16.1 Å². The number of ether oxygens (including phenoxy) is 1. The van der Waals surface area contributed by atoms with Gasteiger partial charge in [0.25, 0.3) is 11.8 Å². The summed E-state index contributed by atoms with van der Waals surface area (Å²) in [4.78, 5) is 26.9. The van der Waals surface area contributed by atoms with Crippen LogP contribution in [0.25, 0.3) is 0 Å². The number of carbonyl (C=O) groups is 2. The van der Waals surface area contributed by atoms with Crippen molar-refractivity contribution in [3.05, 3.63) is 94.0 Å². The molecule has 0 radical (unpaired) electrons. The van der Waals surface area contributed by atoms with E-state index in [9.17, 15) is 22.8 Å². The van der Waals surface area contributed by atoms with Crippen LogP contribution in [0.4, 0.5) is 18.9 Å². The number of hydrogen-bond donors (Lipinski definition) is 1. The normalized spacial score (nSPS) is 15.9. The smallest absolute Gasteiger partial charge is 0.416 e. The largest absolute Gasteiger partial charge is 0.481 e. The van der Waals surface area contributed by atoms with Crippen LogP contribution in [0.15, 0.2) is 66.7 Å². The molecule has 1 unspecified atom stereocenters. The Labute approximate surface area is 199 Å². The highest BCUT2D eigenvalue weighted by Crippen LogP contribution is 2.32. The molecule has 0 aromatic heterocycles. The van der Waals surface area contributed by atoms with Gasteiger partial charge in [0, 0.05) is 24.3 Å². The molecular weight excluding hydrogens is 469 g/mol. The maximum absolute atomic E-state index is 13.1. The second-order valence-corrected chi connectivity index (χ2v) is 8.32. The average molecular weight is 489 g/mol. The molecule has 1 aliphatic heterocycles. The van der Waals surface area contributed by atoms with Crippen molar-refractivity contribution in [2.45, 2.75) is 32.3 Å². The molecule has 4 rings (SSSR count). The highest BCUT2D eigenvalue weighted by atomic mass is 35.5. The van der Waals surface area contributed by atoms with Crippen LogP contribution in [-0.4, -0.2) is 22.8 Å². The Morgan fingerprint density at radius 3 is 2.62 bits per heavy atom. The van der Waals surface area contributed by atoms with Gasteiger partial charge < -0.3 is 15.0 Å². The highest BCUT2D eigenvalue weighted by Gasteiger charge is 2.32. The molecule has 0 spiro atoms. The van der Waals surface area contributed by atoms with E-state index in [0.29, 0.717) is 33.1 Å². The van der Waals surface area contributed by atoms with E-state index >= 15 is 0 Å². The first-order valence-electron chi connectivity index (χ1n) is 10.4. The Kier molecular flexibility index (Phi) is 6.52. The number of nitrogens with one attached hydrogen (secondary N) is 1. The maximum Gasteiger partial charge on any atom is 0.416 e. The summed E-state index contributed by atoms with van der Waals surface area (Å²) in [5.74, 6) is -0.288. The van der Waals surface area contributed by atoms with Crippen molar-refractivity contribution < 1.29 is 27.5 Å². The van der Waals surface area contributed by atoms with Crippen LogP contribution >= 0.6 is 11.6 Å². The zero-order valence-corrected chi connectivity index (χ0v) is 18.8. The van der Waals surface area contributed by atoms with E-state index in [1.807, 2.05) is 0 Å². The quantitative estimate of drug-likeness (QED) is 0.496. The summed E-state index contributed by atoms with van der Waals surface area (Å²) in [7, 11) is 0. The number of hydrogen-bond acceptors (Lipinski definition) is 3. The fraction of sp³-hybridized carbons (Fsp3) is 0.200. The van der Waals surface area contributed by atoms with Crippen LogP contribution in [0.5, 0.6) is 5.75 Å². The summed E-state index contributed by atoms with van der Waals surface area (Å²) in [6.45, 7) is 1.67. The third-order valence-electron chi connectivity index (χ3n) is 5.39. The van der Waals surface area contributed by atoms with Gasteiger partial charge >= 0.3 is 6.18 Å². The van der Waals surface area contributed by atoms with Gasteiger partial charge in [-0.1, -0.05) is 35.9 Å². The Morgan fingerprint density at radius 2 is 1.88 bits per heavy atom. The molecule has 0 aliphatic carbocycles. The first-order valence-corrected chi connectivity index (χ1v) is 10.8. The van der Waals surface area contributed by atoms with E-state index in [0.717, 1.165) is 12.1 Å². The molecule has 1 atom stereocenters. The number of benzene rings is 3. The number of halogens is 4. The maximum atomic E-state index is 13.1. The van der Waals surface area contributed by atoms with Gasteiger partial charge in [0.2, 0.25) is 0 Å². The van der Waals surface area contributed by atoms with E-state index in [1.165, 1.54) is 11.0 Å². The van der Waals surface area contributed by atoms with Crippen molar-refractivity contribution >= 4 is 29.1 Å². The number of alkyl halides is 3. The van der Waals surface area contributed by atoms with Crippen LogP contribution in [0, 0.1) is 0 Å². The fourth-order valence-corrected chi connectivity index (χ4v) is 3.94. The Bertz CT molecular complexity index is 1250. The summed E-state index contributed by atoms with van der Waals surface area (Å²) in [6, 6.07) is 16.5. The summed E-state index contributed by atoms with van der Waals surface area (Å²) in [5, 5.41) is 3.08. The lowest BCUT2D eigenvalue weighted by atomic mass is 10.1. The molecule has 0 saturated carbocycles. The van der Waals surface area contributed by atoms with Crippen LogP contribution in [0.2, 0.25) is 5.02 Å². The van der Waals surface area contributed by atoms with Crippen LogP contribution in [0.3, 0.4) is 0 Å². The third-order valence-corrected chi connectivity index (χ3v) is 5.72. The van der Waals surface area contributed by atoms with Crippen LogP contribution in [-0.2, 0) is 24.1 Å². The van der Waals surface area contributed by atoms with Gasteiger partial charge in [-0.15, -0.1) is 0 Å². The third kappa shape index (κ3) is 5.17. The lowest BCUT2D eigenvalue weighted by Crippen LogP contribution is -2.37. The number of amides is 2. The first-order chi connectivity index (χ1) is 16.1. The van der Waals surface area contributed by atoms with E-state index in [1.54, 1.807) is 55.5 Å². The minimum Gasteiger partial charge on any atom is -0.481 e. The number of rotatable bonds is 4. The van der Waals surface area contributed by atoms with Gasteiger partial charge in [-0.05, 0) is 55.0 Å². The molecule has 1 aliphatic rings. The molecule has 5 nitrogen and oxygen atoms in total. The van der Waals surface area contributed by atoms with Crippen LogP contribution in [0.1, 0.15) is 34.0 Å². The molecule has 176 valence electrons. The van der Waals surface area contributed by atoms with Crippen molar-refractivity contribution in [1.82, 2.24) is 4.90 Å². The lowest BCUT2D eigenvalue weighted by molar-refractivity contribution is -0.138. The van der Waals surface area contributed by atoms with Crippen molar-refractivity contribution in [2.24, 2.45) is 0 Å². The SMILES string of the molecule is CC1Oc2ccc(NC(=O)c3ccccc3Cl)cc2CN(Cc2cccc(C(F)(F)F)c2)C1=O. The molecule has 0 bridgehead atoms. The summed E-state index contributed by atoms with van der Waals surface area (Å²) < 4.78 is 45.1. The van der Waals surface area contributed by atoms with Crippen molar-refractivity contribution in [1.29, 1.82) is 0 Å². The summed E-state index contributed by atoms with van der Waals surface area (Å²) in [6.07, 6.45) is -5.30. The first kappa shape index (κ1) is 23.6. The number of fused-ring (bicyclic) bond motifs is 1. The lowest BCUT2D eigenvalue weighted by Gasteiger charge is -2.22. The minimum atomic E-state index is -4.48. The zero-order chi connectivity index (χ0) is 24.5. The van der Waals surface area contributed by atoms with Crippen LogP contribution < -0.4 is 10.1 Å². The zero-order valence-electron chi connectivity index (χ0n) is 18.0. The van der Waals surface area contributed by atoms with Gasteiger partial charge in [-0.3, -0.25) is 9.59 Å². The van der Waals surface area contributed by atoms with Gasteiger partial charge in [0.1, 0.15) is 5.75 Å². The molecule has 9 heteroatoms. The molecule has 1 N–H and O–H groups in total. The van der Waals surface area contributed by atoms with E-state index in [4.69, 9.17) is 16.3 Å². The molecule has 34 heavy (non-hydrogen) atoms. The molecule has 2 amide bonds. The molecule has 3 aromatic rings. The number of carbonyl (C=O) groups excluding carboxylic acids is 2. The standard InChI is InChI=1S/C25H20ClF3N2O3/c1-15-24(33)31(13-16-5-4-6-18(11-16)25(27,28)29)14-17-12-19(9-10-22(17)34-15)30-23(32)20-7-2-3-8-21(20)26/h2-12,15H,13-14H2,1H3,(H,30,32). The second kappa shape index (κ2) is 9.38. The van der Waals surface area contributed by atoms with Gasteiger partial charge in [0.15, 0.2) is 6.10 Å². The molecule has 0 fully saturated rings. The predicted octanol–water partition coefficient (Wildman–Crippen LogP) is 5.92. The molecule has 0 saturated heterocycles. The summed E-state index contributed by atoms with van der Waals surface area (Å²) >= 11 is 6.09. The topological polar surface area (TPSA) is 58.6 Å². The van der Waals surface area contributed by atoms with Crippen molar-refractivity contribution in [3.63, 3.8) is 0 Å². The fourth-order valence-electron chi connectivity index (χ4n) is 3.72. The van der Waals surface area contributed by atoms with E-state index in [-0.39, 0.29) is 19.0 Å². The van der Waals surface area contributed by atoms with E-state index in [2.05, 4.69) is 5.32 Å². The Balaban J connectivity index is 1.58. The average Bonchev–Trinajstić information content (AvgIpc) is 2.90. The van der Waals surface area contributed by atoms with Crippen molar-refractivity contribution in [3.8, 4) is 5.75 Å². The van der Waals surface area contributed by atoms with E-state index < -0.39 is 23.8 Å². The second-order valence-electron chi connectivity index (χ2n) is 7.91. The molecule has 1 heterocycles. The molecule has 3 aromatic carbocycles. The Hall–Kier alpha value is -3.52. The van der Waals surface area contributed by atoms with Crippen molar-refractivity contribution in [2.75, 3.05) is 5.32 Å². The van der Waals surface area contributed by atoms with Gasteiger partial charge in [-0.25, -0.2) is 0 Å². The summed E-state index contributed by atoms with van der Waals surface area (Å²) in [5.41, 5.74) is 0.962. The highest BCUT2D eigenvalue weighted by molar-refractivity contribution is 6.34. The predicted molar refractivity (Wildman–Crippen MR) is 122 cm³/mol. The molecular formula is C25H20ClF3N2O3.